The minimum Gasteiger partial charge on any atom is -0.485 e. The highest BCUT2D eigenvalue weighted by Crippen LogP contribution is 2.05. The van der Waals surface area contributed by atoms with E-state index in [9.17, 15) is 4.79 Å². The molecule has 0 spiro atoms. The minimum atomic E-state index is -0.284. The van der Waals surface area contributed by atoms with Crippen molar-refractivity contribution in [2.45, 2.75) is 6.61 Å². The molecular weight excluding hydrogens is 194 g/mol. The lowest BCUT2D eigenvalue weighted by Gasteiger charge is -2.03. The van der Waals surface area contributed by atoms with Crippen molar-refractivity contribution in [3.8, 4) is 5.75 Å². The van der Waals surface area contributed by atoms with E-state index >= 15 is 0 Å². The molecule has 0 unspecified atom stereocenters. The topological polar surface area (TPSA) is 67.9 Å². The molecule has 0 amide bonds. The van der Waals surface area contributed by atoms with Crippen LogP contribution >= 0.6 is 0 Å². The van der Waals surface area contributed by atoms with Gasteiger partial charge in [0.2, 0.25) is 0 Å². The Morgan fingerprint density at radius 2 is 2.33 bits per heavy atom. The van der Waals surface area contributed by atoms with Crippen LogP contribution in [0.4, 0.5) is 0 Å². The molecule has 76 valence electrons. The SMILES string of the molecule is O=c1cc(OCc2ccccn2)cn[nH]1. The van der Waals surface area contributed by atoms with Crippen LogP contribution in [0.15, 0.2) is 41.5 Å². The van der Waals surface area contributed by atoms with Gasteiger partial charge in [0.1, 0.15) is 12.4 Å². The Kier molecular flexibility index (Phi) is 2.73. The van der Waals surface area contributed by atoms with Gasteiger partial charge in [0, 0.05) is 12.3 Å². The predicted molar refractivity (Wildman–Crippen MR) is 53.4 cm³/mol. The zero-order valence-electron chi connectivity index (χ0n) is 7.88. The van der Waals surface area contributed by atoms with Crippen LogP contribution in [0, 0.1) is 0 Å². The largest absolute Gasteiger partial charge is 0.485 e. The molecule has 0 aromatic carbocycles. The summed E-state index contributed by atoms with van der Waals surface area (Å²) in [6, 6.07) is 6.90. The van der Waals surface area contributed by atoms with Crippen molar-refractivity contribution in [2.24, 2.45) is 0 Å². The smallest absolute Gasteiger partial charge is 0.267 e. The Morgan fingerprint density at radius 1 is 1.40 bits per heavy atom. The zero-order valence-corrected chi connectivity index (χ0v) is 7.88. The minimum absolute atomic E-state index is 0.284. The molecule has 0 bridgehead atoms. The number of aromatic amines is 1. The molecule has 5 heteroatoms. The van der Waals surface area contributed by atoms with Crippen molar-refractivity contribution in [3.05, 3.63) is 52.7 Å². The van der Waals surface area contributed by atoms with Crippen molar-refractivity contribution >= 4 is 0 Å². The highest BCUT2D eigenvalue weighted by Gasteiger charge is 1.97. The fourth-order valence-electron chi connectivity index (χ4n) is 1.08. The van der Waals surface area contributed by atoms with Crippen LogP contribution < -0.4 is 10.3 Å². The van der Waals surface area contributed by atoms with Crippen molar-refractivity contribution in [2.75, 3.05) is 0 Å². The van der Waals surface area contributed by atoms with Crippen LogP contribution in [0.2, 0.25) is 0 Å². The van der Waals surface area contributed by atoms with Crippen molar-refractivity contribution < 1.29 is 4.74 Å². The summed E-state index contributed by atoms with van der Waals surface area (Å²) in [5.41, 5.74) is 0.520. The molecule has 0 atom stereocenters. The van der Waals surface area contributed by atoms with Gasteiger partial charge in [-0.2, -0.15) is 5.10 Å². The summed E-state index contributed by atoms with van der Waals surface area (Å²) in [6.07, 6.45) is 3.14. The number of ether oxygens (including phenoxy) is 1. The summed E-state index contributed by atoms with van der Waals surface area (Å²) in [5, 5.41) is 5.88. The third kappa shape index (κ3) is 2.63. The average molecular weight is 203 g/mol. The molecule has 2 aromatic rings. The van der Waals surface area contributed by atoms with E-state index in [0.717, 1.165) is 5.69 Å². The Bertz CT molecular complexity index is 481. The van der Waals surface area contributed by atoms with Gasteiger partial charge < -0.3 is 4.74 Å². The van der Waals surface area contributed by atoms with Crippen molar-refractivity contribution in [3.63, 3.8) is 0 Å². The first-order valence-corrected chi connectivity index (χ1v) is 4.42. The van der Waals surface area contributed by atoms with Gasteiger partial charge in [-0.1, -0.05) is 6.07 Å². The van der Waals surface area contributed by atoms with Gasteiger partial charge in [-0.05, 0) is 12.1 Å². The molecule has 0 aliphatic carbocycles. The second kappa shape index (κ2) is 4.36. The van der Waals surface area contributed by atoms with Crippen LogP contribution in [0.25, 0.3) is 0 Å². The third-order valence-electron chi connectivity index (χ3n) is 1.75. The van der Waals surface area contributed by atoms with Crippen molar-refractivity contribution in [1.29, 1.82) is 0 Å². The van der Waals surface area contributed by atoms with E-state index in [4.69, 9.17) is 4.74 Å². The van der Waals surface area contributed by atoms with Crippen LogP contribution in [-0.2, 0) is 6.61 Å². The molecule has 0 aliphatic rings. The molecule has 15 heavy (non-hydrogen) atoms. The quantitative estimate of drug-likeness (QED) is 0.799. The number of nitrogens with one attached hydrogen (secondary N) is 1. The summed E-state index contributed by atoms with van der Waals surface area (Å²) in [7, 11) is 0. The summed E-state index contributed by atoms with van der Waals surface area (Å²) >= 11 is 0. The van der Waals surface area contributed by atoms with Gasteiger partial charge in [0.15, 0.2) is 0 Å². The number of H-pyrrole nitrogens is 1. The molecule has 0 saturated heterocycles. The molecule has 1 N–H and O–H groups in total. The van der Waals surface area contributed by atoms with E-state index in [0.29, 0.717) is 12.4 Å². The van der Waals surface area contributed by atoms with Crippen molar-refractivity contribution in [1.82, 2.24) is 15.2 Å². The lowest BCUT2D eigenvalue weighted by Crippen LogP contribution is -2.07. The third-order valence-corrected chi connectivity index (χ3v) is 1.75. The van der Waals surface area contributed by atoms with E-state index in [-0.39, 0.29) is 5.56 Å². The van der Waals surface area contributed by atoms with E-state index in [1.165, 1.54) is 12.3 Å². The number of nitrogens with zero attached hydrogens (tertiary/aromatic N) is 2. The number of aromatic nitrogens is 3. The molecule has 0 aliphatic heterocycles. The monoisotopic (exact) mass is 203 g/mol. The van der Waals surface area contributed by atoms with E-state index in [1.54, 1.807) is 6.20 Å². The lowest BCUT2D eigenvalue weighted by molar-refractivity contribution is 0.299. The van der Waals surface area contributed by atoms with E-state index < -0.39 is 0 Å². The van der Waals surface area contributed by atoms with Gasteiger partial charge in [-0.15, -0.1) is 0 Å². The summed E-state index contributed by atoms with van der Waals surface area (Å²) < 4.78 is 5.33. The molecule has 0 radical (unpaired) electrons. The van der Waals surface area contributed by atoms with Gasteiger partial charge in [0.05, 0.1) is 11.9 Å². The summed E-state index contributed by atoms with van der Waals surface area (Å²) in [4.78, 5) is 15.0. The van der Waals surface area contributed by atoms with Crippen LogP contribution in [-0.4, -0.2) is 15.2 Å². The van der Waals surface area contributed by atoms with Crippen LogP contribution in [0.1, 0.15) is 5.69 Å². The Morgan fingerprint density at radius 3 is 3.07 bits per heavy atom. The van der Waals surface area contributed by atoms with Gasteiger partial charge in [0.25, 0.3) is 5.56 Å². The van der Waals surface area contributed by atoms with Gasteiger partial charge in [-0.25, -0.2) is 5.10 Å². The molecule has 2 aromatic heterocycles. The Hall–Kier alpha value is -2.17. The number of rotatable bonds is 3. The fraction of sp³-hybridized carbons (Fsp3) is 0.100. The molecule has 0 fully saturated rings. The normalized spacial score (nSPS) is 9.87. The number of hydrogen-bond donors (Lipinski definition) is 1. The average Bonchev–Trinajstić information content (AvgIpc) is 2.28. The predicted octanol–water partition coefficient (Wildman–Crippen LogP) is 0.744. The lowest BCUT2D eigenvalue weighted by atomic mass is 10.4. The molecule has 0 saturated carbocycles. The molecule has 2 rings (SSSR count). The van der Waals surface area contributed by atoms with E-state index in [2.05, 4.69) is 15.2 Å². The highest BCUT2D eigenvalue weighted by molar-refractivity contribution is 5.14. The second-order valence-corrected chi connectivity index (χ2v) is 2.89. The second-order valence-electron chi connectivity index (χ2n) is 2.89. The maximum Gasteiger partial charge on any atom is 0.267 e. The Labute approximate surface area is 85.8 Å². The number of hydrogen-bond acceptors (Lipinski definition) is 4. The van der Waals surface area contributed by atoms with Crippen LogP contribution in [0.5, 0.6) is 5.75 Å². The molecular formula is C10H9N3O2. The first-order valence-electron chi connectivity index (χ1n) is 4.42. The van der Waals surface area contributed by atoms with Gasteiger partial charge in [-0.3, -0.25) is 9.78 Å². The Balaban J connectivity index is 2.02. The van der Waals surface area contributed by atoms with Gasteiger partial charge >= 0.3 is 0 Å². The first-order chi connectivity index (χ1) is 7.34. The standard InChI is InChI=1S/C10H9N3O2/c14-10-5-9(6-12-13-10)15-7-8-3-1-2-4-11-8/h1-6H,7H2,(H,13,14). The molecule has 2 heterocycles. The highest BCUT2D eigenvalue weighted by atomic mass is 16.5. The zero-order chi connectivity index (χ0) is 10.5. The first kappa shape index (κ1) is 9.39. The maximum absolute atomic E-state index is 10.9. The number of pyridine rings is 1. The molecule has 5 nitrogen and oxygen atoms in total. The van der Waals surface area contributed by atoms with Crippen LogP contribution in [0.3, 0.4) is 0 Å². The maximum atomic E-state index is 10.9. The van der Waals surface area contributed by atoms with E-state index in [1.807, 2.05) is 18.2 Å². The summed E-state index contributed by atoms with van der Waals surface area (Å²) in [5.74, 6) is 0.435. The summed E-state index contributed by atoms with van der Waals surface area (Å²) in [6.45, 7) is 0.325. The fourth-order valence-corrected chi connectivity index (χ4v) is 1.08.